The van der Waals surface area contributed by atoms with Crippen LogP contribution in [-0.4, -0.2) is 25.0 Å². The molecular formula is C15H22N2O. The fourth-order valence-corrected chi connectivity index (χ4v) is 2.36. The lowest BCUT2D eigenvalue weighted by Gasteiger charge is -2.30. The molecule has 1 aromatic rings. The summed E-state index contributed by atoms with van der Waals surface area (Å²) in [5.74, 6) is 0.742. The standard InChI is InChI=1S/C15H22N2O/c1-12-9-10-16-11-14(12)17-15(18)8-7-13-5-3-2-4-6-13/h2-6,12,14,16H,7-11H2,1H3,(H,17,18). The first-order valence-electron chi connectivity index (χ1n) is 6.79. The predicted octanol–water partition coefficient (Wildman–Crippen LogP) is 1.73. The second kappa shape index (κ2) is 6.55. The van der Waals surface area contributed by atoms with Gasteiger partial charge in [-0.25, -0.2) is 0 Å². The zero-order chi connectivity index (χ0) is 12.8. The Hall–Kier alpha value is -1.35. The lowest BCUT2D eigenvalue weighted by Crippen LogP contribution is -2.50. The number of aryl methyl sites for hydroxylation is 1. The Morgan fingerprint density at radius 2 is 2.17 bits per heavy atom. The third kappa shape index (κ3) is 3.84. The largest absolute Gasteiger partial charge is 0.352 e. The van der Waals surface area contributed by atoms with Gasteiger partial charge in [-0.3, -0.25) is 4.79 Å². The monoisotopic (exact) mass is 246 g/mol. The average Bonchev–Trinajstić information content (AvgIpc) is 2.40. The van der Waals surface area contributed by atoms with Gasteiger partial charge in [0.25, 0.3) is 0 Å². The van der Waals surface area contributed by atoms with Gasteiger partial charge in [-0.15, -0.1) is 0 Å². The van der Waals surface area contributed by atoms with Crippen molar-refractivity contribution in [2.24, 2.45) is 5.92 Å². The SMILES string of the molecule is CC1CCNCC1NC(=O)CCc1ccccc1. The van der Waals surface area contributed by atoms with Gasteiger partial charge in [0, 0.05) is 19.0 Å². The molecule has 98 valence electrons. The molecule has 3 nitrogen and oxygen atoms in total. The van der Waals surface area contributed by atoms with Crippen LogP contribution in [0.4, 0.5) is 0 Å². The highest BCUT2D eigenvalue weighted by Crippen LogP contribution is 2.11. The summed E-state index contributed by atoms with van der Waals surface area (Å²) in [6.45, 7) is 4.18. The zero-order valence-corrected chi connectivity index (χ0v) is 11.0. The van der Waals surface area contributed by atoms with Crippen LogP contribution in [0.15, 0.2) is 30.3 Å². The summed E-state index contributed by atoms with van der Waals surface area (Å²) in [6, 6.07) is 10.5. The Morgan fingerprint density at radius 1 is 1.39 bits per heavy atom. The summed E-state index contributed by atoms with van der Waals surface area (Å²) >= 11 is 0. The van der Waals surface area contributed by atoms with Crippen molar-refractivity contribution in [2.75, 3.05) is 13.1 Å². The third-order valence-corrected chi connectivity index (χ3v) is 3.66. The maximum Gasteiger partial charge on any atom is 0.220 e. The Morgan fingerprint density at radius 3 is 2.89 bits per heavy atom. The van der Waals surface area contributed by atoms with Crippen LogP contribution in [0.1, 0.15) is 25.3 Å². The molecule has 0 spiro atoms. The van der Waals surface area contributed by atoms with Crippen LogP contribution in [-0.2, 0) is 11.2 Å². The second-order valence-electron chi connectivity index (χ2n) is 5.13. The van der Waals surface area contributed by atoms with Crippen molar-refractivity contribution >= 4 is 5.91 Å². The molecule has 0 aliphatic carbocycles. The number of piperidine rings is 1. The number of amides is 1. The lowest BCUT2D eigenvalue weighted by molar-refractivity contribution is -0.122. The van der Waals surface area contributed by atoms with Gasteiger partial charge in [0.2, 0.25) is 5.91 Å². The second-order valence-corrected chi connectivity index (χ2v) is 5.13. The molecule has 18 heavy (non-hydrogen) atoms. The van der Waals surface area contributed by atoms with Crippen molar-refractivity contribution in [3.63, 3.8) is 0 Å². The molecule has 2 unspecified atom stereocenters. The fraction of sp³-hybridized carbons (Fsp3) is 0.533. The first-order chi connectivity index (χ1) is 8.75. The molecule has 1 heterocycles. The molecule has 1 amide bonds. The van der Waals surface area contributed by atoms with Crippen molar-refractivity contribution in [3.05, 3.63) is 35.9 Å². The minimum absolute atomic E-state index is 0.166. The van der Waals surface area contributed by atoms with Gasteiger partial charge >= 0.3 is 0 Å². The van der Waals surface area contributed by atoms with Gasteiger partial charge in [-0.2, -0.15) is 0 Å². The van der Waals surface area contributed by atoms with Crippen LogP contribution >= 0.6 is 0 Å². The number of hydrogen-bond acceptors (Lipinski definition) is 2. The molecule has 2 atom stereocenters. The molecule has 1 aliphatic rings. The van der Waals surface area contributed by atoms with E-state index in [0.29, 0.717) is 18.4 Å². The van der Waals surface area contributed by atoms with Crippen molar-refractivity contribution in [2.45, 2.75) is 32.2 Å². The zero-order valence-electron chi connectivity index (χ0n) is 11.0. The van der Waals surface area contributed by atoms with Crippen LogP contribution in [0.2, 0.25) is 0 Å². The van der Waals surface area contributed by atoms with Crippen molar-refractivity contribution in [1.29, 1.82) is 0 Å². The van der Waals surface area contributed by atoms with E-state index in [4.69, 9.17) is 0 Å². The summed E-state index contributed by atoms with van der Waals surface area (Å²) in [5.41, 5.74) is 1.22. The minimum Gasteiger partial charge on any atom is -0.352 e. The van der Waals surface area contributed by atoms with Crippen LogP contribution < -0.4 is 10.6 Å². The van der Waals surface area contributed by atoms with Gasteiger partial charge in [0.1, 0.15) is 0 Å². The topological polar surface area (TPSA) is 41.1 Å². The Balaban J connectivity index is 1.75. The number of carbonyl (C=O) groups is 1. The lowest BCUT2D eigenvalue weighted by atomic mass is 9.94. The van der Waals surface area contributed by atoms with Gasteiger partial charge < -0.3 is 10.6 Å². The van der Waals surface area contributed by atoms with E-state index < -0.39 is 0 Å². The Bertz CT molecular complexity index is 377. The van der Waals surface area contributed by atoms with E-state index in [0.717, 1.165) is 25.9 Å². The summed E-state index contributed by atoms with van der Waals surface area (Å²) in [6.07, 6.45) is 2.54. The van der Waals surface area contributed by atoms with E-state index in [2.05, 4.69) is 29.7 Å². The van der Waals surface area contributed by atoms with E-state index in [-0.39, 0.29) is 5.91 Å². The molecule has 2 N–H and O–H groups in total. The molecule has 1 saturated heterocycles. The first kappa shape index (κ1) is 13.1. The quantitative estimate of drug-likeness (QED) is 0.849. The molecule has 0 saturated carbocycles. The number of hydrogen-bond donors (Lipinski definition) is 2. The van der Waals surface area contributed by atoms with Gasteiger partial charge in [-0.1, -0.05) is 37.3 Å². The smallest absolute Gasteiger partial charge is 0.220 e. The van der Waals surface area contributed by atoms with Gasteiger partial charge in [0.15, 0.2) is 0 Å². The highest BCUT2D eigenvalue weighted by Gasteiger charge is 2.22. The predicted molar refractivity (Wildman–Crippen MR) is 73.3 cm³/mol. The Kier molecular flexibility index (Phi) is 4.76. The summed E-state index contributed by atoms with van der Waals surface area (Å²) in [4.78, 5) is 11.9. The summed E-state index contributed by atoms with van der Waals surface area (Å²) < 4.78 is 0. The van der Waals surface area contributed by atoms with E-state index >= 15 is 0 Å². The van der Waals surface area contributed by atoms with Crippen molar-refractivity contribution < 1.29 is 4.79 Å². The highest BCUT2D eigenvalue weighted by atomic mass is 16.1. The van der Waals surface area contributed by atoms with Crippen molar-refractivity contribution in [3.8, 4) is 0 Å². The van der Waals surface area contributed by atoms with Crippen LogP contribution in [0.5, 0.6) is 0 Å². The van der Waals surface area contributed by atoms with E-state index in [1.165, 1.54) is 5.56 Å². The number of carbonyl (C=O) groups excluding carboxylic acids is 1. The van der Waals surface area contributed by atoms with Crippen LogP contribution in [0.25, 0.3) is 0 Å². The molecule has 1 aromatic carbocycles. The molecule has 3 heteroatoms. The molecule has 2 rings (SSSR count). The maximum absolute atomic E-state index is 11.9. The number of benzene rings is 1. The first-order valence-corrected chi connectivity index (χ1v) is 6.79. The highest BCUT2D eigenvalue weighted by molar-refractivity contribution is 5.76. The van der Waals surface area contributed by atoms with E-state index in [9.17, 15) is 4.79 Å². The van der Waals surface area contributed by atoms with E-state index in [1.54, 1.807) is 0 Å². The number of nitrogens with one attached hydrogen (secondary N) is 2. The van der Waals surface area contributed by atoms with E-state index in [1.807, 2.05) is 18.2 Å². The molecule has 1 fully saturated rings. The van der Waals surface area contributed by atoms with Gasteiger partial charge in [-0.05, 0) is 30.9 Å². The summed E-state index contributed by atoms with van der Waals surface area (Å²) in [7, 11) is 0. The molecule has 0 aromatic heterocycles. The third-order valence-electron chi connectivity index (χ3n) is 3.66. The van der Waals surface area contributed by atoms with Crippen LogP contribution in [0, 0.1) is 5.92 Å². The van der Waals surface area contributed by atoms with Crippen LogP contribution in [0.3, 0.4) is 0 Å². The number of rotatable bonds is 4. The van der Waals surface area contributed by atoms with Gasteiger partial charge in [0.05, 0.1) is 0 Å². The molecule has 0 radical (unpaired) electrons. The average molecular weight is 246 g/mol. The summed E-state index contributed by atoms with van der Waals surface area (Å²) in [5, 5.41) is 6.47. The fourth-order valence-electron chi connectivity index (χ4n) is 2.36. The maximum atomic E-state index is 11.9. The molecule has 0 bridgehead atoms. The normalized spacial score (nSPS) is 23.6. The molecular weight excluding hydrogens is 224 g/mol. The van der Waals surface area contributed by atoms with Crippen molar-refractivity contribution in [1.82, 2.24) is 10.6 Å². The minimum atomic E-state index is 0.166. The molecule has 1 aliphatic heterocycles. The Labute approximate surface area is 109 Å².